The summed E-state index contributed by atoms with van der Waals surface area (Å²) >= 11 is 0. The van der Waals surface area contributed by atoms with Crippen molar-refractivity contribution in [1.29, 1.82) is 0 Å². The van der Waals surface area contributed by atoms with Gasteiger partial charge in [-0.1, -0.05) is 0 Å². The van der Waals surface area contributed by atoms with E-state index in [0.717, 1.165) is 25.7 Å². The molecule has 2 aliphatic heterocycles. The van der Waals surface area contributed by atoms with Crippen molar-refractivity contribution in [3.63, 3.8) is 0 Å². The number of hydrogen-bond acceptors (Lipinski definition) is 3. The highest BCUT2D eigenvalue weighted by Crippen LogP contribution is 2.29. The van der Waals surface area contributed by atoms with Gasteiger partial charge in [0.2, 0.25) is 5.91 Å². The van der Waals surface area contributed by atoms with Crippen LogP contribution in [0.25, 0.3) is 0 Å². The second-order valence-electron chi connectivity index (χ2n) is 6.36. The fraction of sp³-hybridized carbons (Fsp3) is 0.933. The average Bonchev–Trinajstić information content (AvgIpc) is 3.20. The molecule has 3 fully saturated rings. The third kappa shape index (κ3) is 3.69. The maximum absolute atomic E-state index is 12.0. The van der Waals surface area contributed by atoms with Crippen molar-refractivity contribution >= 4 is 5.91 Å². The molecule has 108 valence electrons. The molecule has 4 heteroatoms. The quantitative estimate of drug-likeness (QED) is 0.812. The maximum atomic E-state index is 12.0. The molecule has 19 heavy (non-hydrogen) atoms. The van der Waals surface area contributed by atoms with Crippen LogP contribution in [0.3, 0.4) is 0 Å². The van der Waals surface area contributed by atoms with Gasteiger partial charge < -0.3 is 10.2 Å². The number of nitrogens with one attached hydrogen (secondary N) is 1. The van der Waals surface area contributed by atoms with E-state index in [1.807, 2.05) is 0 Å². The number of nitrogens with zero attached hydrogens (tertiary/aromatic N) is 2. The molecule has 0 radical (unpaired) electrons. The summed E-state index contributed by atoms with van der Waals surface area (Å²) in [6.45, 7) is 5.28. The molecule has 1 aliphatic carbocycles. The molecule has 3 aliphatic rings. The molecule has 3 rings (SSSR count). The first kappa shape index (κ1) is 13.4. The Kier molecular flexibility index (Phi) is 4.38. The van der Waals surface area contributed by atoms with Crippen molar-refractivity contribution in [2.75, 3.05) is 32.7 Å². The van der Waals surface area contributed by atoms with Gasteiger partial charge in [0.1, 0.15) is 0 Å². The third-order valence-electron chi connectivity index (χ3n) is 4.76. The Morgan fingerprint density at radius 2 is 1.84 bits per heavy atom. The predicted octanol–water partition coefficient (Wildman–Crippen LogP) is 1.22. The van der Waals surface area contributed by atoms with Crippen molar-refractivity contribution in [2.24, 2.45) is 0 Å². The SMILES string of the molecule is O=C(CCNC1CCN(C2CC2)C1)N1CCCCC1. The molecular weight excluding hydrogens is 238 g/mol. The molecule has 0 aromatic carbocycles. The fourth-order valence-electron chi connectivity index (χ4n) is 3.41. The van der Waals surface area contributed by atoms with Crippen LogP contribution in [0.1, 0.15) is 44.9 Å². The summed E-state index contributed by atoms with van der Waals surface area (Å²) in [6.07, 6.45) is 8.42. The number of amides is 1. The first-order chi connectivity index (χ1) is 9.33. The zero-order valence-electron chi connectivity index (χ0n) is 11.9. The highest BCUT2D eigenvalue weighted by molar-refractivity contribution is 5.76. The maximum Gasteiger partial charge on any atom is 0.223 e. The molecule has 1 amide bonds. The van der Waals surface area contributed by atoms with Crippen LogP contribution in [0.5, 0.6) is 0 Å². The summed E-state index contributed by atoms with van der Waals surface area (Å²) in [5.41, 5.74) is 0. The zero-order valence-corrected chi connectivity index (χ0v) is 11.9. The Balaban J connectivity index is 1.30. The van der Waals surface area contributed by atoms with Crippen molar-refractivity contribution < 1.29 is 4.79 Å². The number of carbonyl (C=O) groups is 1. The van der Waals surface area contributed by atoms with E-state index in [1.165, 1.54) is 51.6 Å². The van der Waals surface area contributed by atoms with Gasteiger partial charge in [0.05, 0.1) is 0 Å². The molecule has 2 heterocycles. The summed E-state index contributed by atoms with van der Waals surface area (Å²) in [6, 6.07) is 1.51. The highest BCUT2D eigenvalue weighted by atomic mass is 16.2. The van der Waals surface area contributed by atoms with E-state index in [-0.39, 0.29) is 0 Å². The van der Waals surface area contributed by atoms with E-state index in [4.69, 9.17) is 0 Å². The highest BCUT2D eigenvalue weighted by Gasteiger charge is 2.34. The normalized spacial score (nSPS) is 28.8. The van der Waals surface area contributed by atoms with Gasteiger partial charge in [-0.3, -0.25) is 9.69 Å². The first-order valence-corrected chi connectivity index (χ1v) is 8.08. The number of likely N-dealkylation sites (tertiary alicyclic amines) is 2. The van der Waals surface area contributed by atoms with Gasteiger partial charge in [-0.25, -0.2) is 0 Å². The van der Waals surface area contributed by atoms with Crippen LogP contribution in [-0.2, 0) is 4.79 Å². The molecule has 1 unspecified atom stereocenters. The average molecular weight is 265 g/mol. The number of piperidine rings is 1. The Morgan fingerprint density at radius 1 is 1.05 bits per heavy atom. The molecule has 0 spiro atoms. The Hall–Kier alpha value is -0.610. The van der Waals surface area contributed by atoms with Crippen molar-refractivity contribution in [1.82, 2.24) is 15.1 Å². The molecule has 1 saturated carbocycles. The van der Waals surface area contributed by atoms with Crippen molar-refractivity contribution in [3.8, 4) is 0 Å². The van der Waals surface area contributed by atoms with E-state index in [2.05, 4.69) is 15.1 Å². The number of rotatable bonds is 5. The van der Waals surface area contributed by atoms with Gasteiger partial charge >= 0.3 is 0 Å². The molecule has 0 bridgehead atoms. The van der Waals surface area contributed by atoms with E-state index >= 15 is 0 Å². The molecule has 2 saturated heterocycles. The van der Waals surface area contributed by atoms with E-state index in [1.54, 1.807) is 0 Å². The number of carbonyl (C=O) groups excluding carboxylic acids is 1. The predicted molar refractivity (Wildman–Crippen MR) is 76.1 cm³/mol. The summed E-state index contributed by atoms with van der Waals surface area (Å²) in [5, 5.41) is 3.58. The minimum atomic E-state index is 0.351. The van der Waals surface area contributed by atoms with Gasteiger partial charge in [0.25, 0.3) is 0 Å². The molecule has 0 aromatic rings. The van der Waals surface area contributed by atoms with Crippen molar-refractivity contribution in [2.45, 2.75) is 57.0 Å². The van der Waals surface area contributed by atoms with Gasteiger partial charge in [0, 0.05) is 51.2 Å². The lowest BCUT2D eigenvalue weighted by Gasteiger charge is -2.27. The summed E-state index contributed by atoms with van der Waals surface area (Å²) in [4.78, 5) is 16.7. The van der Waals surface area contributed by atoms with E-state index in [0.29, 0.717) is 18.4 Å². The van der Waals surface area contributed by atoms with Crippen LogP contribution in [0.15, 0.2) is 0 Å². The summed E-state index contributed by atoms with van der Waals surface area (Å²) < 4.78 is 0. The first-order valence-electron chi connectivity index (χ1n) is 8.08. The Bertz CT molecular complexity index is 311. The molecule has 4 nitrogen and oxygen atoms in total. The standard InChI is InChI=1S/C15H27N3O/c19-15(17-9-2-1-3-10-17)6-8-16-13-7-11-18(12-13)14-4-5-14/h13-14,16H,1-12H2. The van der Waals surface area contributed by atoms with Gasteiger partial charge in [0.15, 0.2) is 0 Å². The second kappa shape index (κ2) is 6.23. The minimum Gasteiger partial charge on any atom is -0.343 e. The molecule has 1 N–H and O–H groups in total. The van der Waals surface area contributed by atoms with E-state index in [9.17, 15) is 4.79 Å². The minimum absolute atomic E-state index is 0.351. The van der Waals surface area contributed by atoms with Crippen LogP contribution >= 0.6 is 0 Å². The second-order valence-corrected chi connectivity index (χ2v) is 6.36. The largest absolute Gasteiger partial charge is 0.343 e. The lowest BCUT2D eigenvalue weighted by Crippen LogP contribution is -2.39. The smallest absolute Gasteiger partial charge is 0.223 e. The van der Waals surface area contributed by atoms with Crippen LogP contribution in [-0.4, -0.2) is 60.5 Å². The molecular formula is C15H27N3O. The van der Waals surface area contributed by atoms with Crippen LogP contribution in [0.2, 0.25) is 0 Å². The molecule has 1 atom stereocenters. The van der Waals surface area contributed by atoms with Gasteiger partial charge in [-0.05, 0) is 38.5 Å². The summed E-state index contributed by atoms with van der Waals surface area (Å²) in [7, 11) is 0. The Labute approximate surface area is 116 Å². The van der Waals surface area contributed by atoms with Crippen LogP contribution in [0, 0.1) is 0 Å². The monoisotopic (exact) mass is 265 g/mol. The lowest BCUT2D eigenvalue weighted by molar-refractivity contribution is -0.132. The zero-order chi connectivity index (χ0) is 13.1. The van der Waals surface area contributed by atoms with Crippen molar-refractivity contribution in [3.05, 3.63) is 0 Å². The lowest BCUT2D eigenvalue weighted by atomic mass is 10.1. The topological polar surface area (TPSA) is 35.6 Å². The molecule has 0 aromatic heterocycles. The van der Waals surface area contributed by atoms with Gasteiger partial charge in [-0.2, -0.15) is 0 Å². The fourth-order valence-corrected chi connectivity index (χ4v) is 3.41. The third-order valence-corrected chi connectivity index (χ3v) is 4.76. The van der Waals surface area contributed by atoms with E-state index < -0.39 is 0 Å². The van der Waals surface area contributed by atoms with Crippen LogP contribution < -0.4 is 5.32 Å². The number of hydrogen-bond donors (Lipinski definition) is 1. The van der Waals surface area contributed by atoms with Gasteiger partial charge in [-0.15, -0.1) is 0 Å². The Morgan fingerprint density at radius 3 is 2.58 bits per heavy atom. The summed E-state index contributed by atoms with van der Waals surface area (Å²) in [5.74, 6) is 0.351. The van der Waals surface area contributed by atoms with Crippen LogP contribution in [0.4, 0.5) is 0 Å².